The number of ether oxygens (including phenoxy) is 3. The molecule has 0 radical (unpaired) electrons. The lowest BCUT2D eigenvalue weighted by Crippen LogP contribution is -2.42. The van der Waals surface area contributed by atoms with Crippen LogP contribution in [0.2, 0.25) is 0 Å². The van der Waals surface area contributed by atoms with E-state index in [1.54, 1.807) is 0 Å². The van der Waals surface area contributed by atoms with Crippen molar-refractivity contribution in [1.29, 1.82) is 0 Å². The third-order valence-electron chi connectivity index (χ3n) is 2.31. The maximum absolute atomic E-state index is 10.8. The summed E-state index contributed by atoms with van der Waals surface area (Å²) in [6, 6.07) is 0. The number of halogens is 2. The average molecular weight is 267 g/mol. The van der Waals surface area contributed by atoms with Crippen LogP contribution < -0.4 is 0 Å². The number of alkyl halides is 2. The Bertz CT molecular complexity index is 351. The molecule has 0 aromatic carbocycles. The van der Waals surface area contributed by atoms with E-state index in [1.807, 2.05) is 0 Å². The van der Waals surface area contributed by atoms with Crippen LogP contribution in [0.1, 0.15) is 0 Å². The van der Waals surface area contributed by atoms with E-state index in [0.717, 1.165) is 0 Å². The predicted octanol–water partition coefficient (Wildman–Crippen LogP) is 1.82. The van der Waals surface area contributed by atoms with Gasteiger partial charge in [0.2, 0.25) is 5.06 Å². The molecule has 6 heteroatoms. The van der Waals surface area contributed by atoms with Gasteiger partial charge in [-0.2, -0.15) is 0 Å². The number of methoxy groups -OCH3 is 3. The molecular formula is C10H12Cl2O4. The lowest BCUT2D eigenvalue weighted by Gasteiger charge is -2.35. The Balaban J connectivity index is 3.35. The first kappa shape index (κ1) is 13.4. The smallest absolute Gasteiger partial charge is 0.223 e. The van der Waals surface area contributed by atoms with Crippen molar-refractivity contribution in [1.82, 2.24) is 0 Å². The zero-order valence-electron chi connectivity index (χ0n) is 9.12. The van der Waals surface area contributed by atoms with Gasteiger partial charge >= 0.3 is 0 Å². The van der Waals surface area contributed by atoms with Crippen molar-refractivity contribution in [2.24, 2.45) is 0 Å². The van der Waals surface area contributed by atoms with E-state index < -0.39 is 10.4 Å². The van der Waals surface area contributed by atoms with Crippen LogP contribution in [0.3, 0.4) is 0 Å². The molecule has 0 aromatic heterocycles. The average Bonchev–Trinajstić information content (AvgIpc) is 2.32. The minimum atomic E-state index is -1.44. The van der Waals surface area contributed by atoms with Gasteiger partial charge in [-0.25, -0.2) is 0 Å². The number of hydrogen-bond donors (Lipinski definition) is 0. The van der Waals surface area contributed by atoms with Crippen molar-refractivity contribution in [2.75, 3.05) is 21.3 Å². The minimum absolute atomic E-state index is 0.241. The van der Waals surface area contributed by atoms with Crippen LogP contribution in [0, 0.1) is 0 Å². The molecule has 0 saturated heterocycles. The van der Waals surface area contributed by atoms with E-state index >= 15 is 0 Å². The molecule has 0 aliphatic heterocycles. The Labute approximate surface area is 104 Å². The number of carbonyl (C=O) groups excluding carboxylic acids is 1. The molecule has 16 heavy (non-hydrogen) atoms. The second-order valence-electron chi connectivity index (χ2n) is 3.08. The highest BCUT2D eigenvalue weighted by Crippen LogP contribution is 2.42. The summed E-state index contributed by atoms with van der Waals surface area (Å²) < 4.78 is 15.3. The Kier molecular flexibility index (Phi) is 4.24. The molecule has 0 saturated carbocycles. The normalized spacial score (nSPS) is 29.8. The number of allylic oxidation sites excluding steroid dienone is 1. The van der Waals surface area contributed by atoms with Crippen molar-refractivity contribution < 1.29 is 19.0 Å². The van der Waals surface area contributed by atoms with Crippen LogP contribution in [0.4, 0.5) is 0 Å². The summed E-state index contributed by atoms with van der Waals surface area (Å²) in [5.74, 6) is 0.558. The van der Waals surface area contributed by atoms with Crippen molar-refractivity contribution >= 4 is 29.5 Å². The summed E-state index contributed by atoms with van der Waals surface area (Å²) in [5.41, 5.74) is 0.274. The topological polar surface area (TPSA) is 44.8 Å². The largest absolute Gasteiger partial charge is 0.493 e. The van der Waals surface area contributed by atoms with Crippen LogP contribution in [0.25, 0.3) is 0 Å². The molecule has 0 amide bonds. The van der Waals surface area contributed by atoms with Crippen LogP contribution >= 0.6 is 23.2 Å². The first-order chi connectivity index (χ1) is 7.54. The number of hydrogen-bond acceptors (Lipinski definition) is 4. The molecule has 0 spiro atoms. The van der Waals surface area contributed by atoms with Gasteiger partial charge in [-0.1, -0.05) is 11.6 Å². The zero-order valence-corrected chi connectivity index (χ0v) is 10.6. The van der Waals surface area contributed by atoms with Gasteiger partial charge in [-0.05, 0) is 6.08 Å². The molecule has 2 unspecified atom stereocenters. The summed E-state index contributed by atoms with van der Waals surface area (Å²) in [7, 11) is 4.24. The molecule has 0 heterocycles. The van der Waals surface area contributed by atoms with Crippen molar-refractivity contribution in [3.8, 4) is 0 Å². The van der Waals surface area contributed by atoms with E-state index in [-0.39, 0.29) is 11.3 Å². The lowest BCUT2D eigenvalue weighted by molar-refractivity contribution is -0.105. The SMILES string of the molecule is COC1=C(OC)C(Cl)(OC)C(Cl)C(C=O)=C1. The van der Waals surface area contributed by atoms with Gasteiger partial charge < -0.3 is 14.2 Å². The number of aldehydes is 1. The maximum Gasteiger partial charge on any atom is 0.223 e. The summed E-state index contributed by atoms with van der Waals surface area (Å²) in [6.45, 7) is 0. The third kappa shape index (κ3) is 1.93. The fourth-order valence-electron chi connectivity index (χ4n) is 1.47. The highest BCUT2D eigenvalue weighted by Gasteiger charge is 2.48. The van der Waals surface area contributed by atoms with Gasteiger partial charge in [0, 0.05) is 12.7 Å². The van der Waals surface area contributed by atoms with E-state index in [1.165, 1.54) is 27.4 Å². The molecule has 0 N–H and O–H groups in total. The van der Waals surface area contributed by atoms with Crippen LogP contribution in [-0.4, -0.2) is 38.1 Å². The van der Waals surface area contributed by atoms with E-state index in [4.69, 9.17) is 37.4 Å². The van der Waals surface area contributed by atoms with Crippen LogP contribution in [0.5, 0.6) is 0 Å². The Hall–Kier alpha value is -0.710. The van der Waals surface area contributed by atoms with Gasteiger partial charge in [0.1, 0.15) is 11.7 Å². The van der Waals surface area contributed by atoms with E-state index in [0.29, 0.717) is 12.0 Å². The Morgan fingerprint density at radius 2 is 2.00 bits per heavy atom. The molecule has 1 rings (SSSR count). The summed E-state index contributed by atoms with van der Waals surface area (Å²) >= 11 is 12.3. The van der Waals surface area contributed by atoms with Crippen LogP contribution in [0.15, 0.2) is 23.2 Å². The number of carbonyl (C=O) groups is 1. The molecule has 0 fully saturated rings. The van der Waals surface area contributed by atoms with Crippen molar-refractivity contribution in [2.45, 2.75) is 10.4 Å². The lowest BCUT2D eigenvalue weighted by atomic mass is 9.99. The monoisotopic (exact) mass is 266 g/mol. The maximum atomic E-state index is 10.8. The molecule has 1 aliphatic carbocycles. The Morgan fingerprint density at radius 1 is 1.38 bits per heavy atom. The minimum Gasteiger partial charge on any atom is -0.493 e. The van der Waals surface area contributed by atoms with E-state index in [9.17, 15) is 4.79 Å². The highest BCUT2D eigenvalue weighted by atomic mass is 35.5. The van der Waals surface area contributed by atoms with Crippen molar-refractivity contribution in [3.05, 3.63) is 23.2 Å². The van der Waals surface area contributed by atoms with Gasteiger partial charge in [0.05, 0.1) is 14.2 Å². The zero-order chi connectivity index (χ0) is 12.3. The van der Waals surface area contributed by atoms with Gasteiger partial charge in [0.15, 0.2) is 11.5 Å². The molecular weight excluding hydrogens is 255 g/mol. The second kappa shape index (κ2) is 5.08. The molecule has 0 bridgehead atoms. The fourth-order valence-corrected chi connectivity index (χ4v) is 2.07. The predicted molar refractivity (Wildman–Crippen MR) is 60.4 cm³/mol. The fraction of sp³-hybridized carbons (Fsp3) is 0.500. The number of rotatable bonds is 4. The summed E-state index contributed by atoms with van der Waals surface area (Å²) in [4.78, 5) is 10.8. The van der Waals surface area contributed by atoms with Gasteiger partial charge in [-0.15, -0.1) is 11.6 Å². The molecule has 2 atom stereocenters. The van der Waals surface area contributed by atoms with Gasteiger partial charge in [0.25, 0.3) is 0 Å². The first-order valence-corrected chi connectivity index (χ1v) is 5.24. The quantitative estimate of drug-likeness (QED) is 0.575. The standard InChI is InChI=1S/C10H12Cl2O4/c1-14-7-4-6(5-13)8(11)10(12,16-3)9(7)15-2/h4-5,8H,1-3H3. The molecule has 0 aromatic rings. The van der Waals surface area contributed by atoms with Crippen LogP contribution in [-0.2, 0) is 19.0 Å². The molecule has 90 valence electrons. The highest BCUT2D eigenvalue weighted by molar-refractivity contribution is 6.35. The second-order valence-corrected chi connectivity index (χ2v) is 4.07. The Morgan fingerprint density at radius 3 is 2.38 bits per heavy atom. The molecule has 1 aliphatic rings. The molecule has 4 nitrogen and oxygen atoms in total. The van der Waals surface area contributed by atoms with E-state index in [2.05, 4.69) is 0 Å². The van der Waals surface area contributed by atoms with Gasteiger partial charge in [-0.3, -0.25) is 4.79 Å². The summed E-state index contributed by atoms with van der Waals surface area (Å²) in [6.07, 6.45) is 2.09. The summed E-state index contributed by atoms with van der Waals surface area (Å²) in [5, 5.41) is -2.28. The third-order valence-corrected chi connectivity index (χ3v) is 3.52. The first-order valence-electron chi connectivity index (χ1n) is 4.42. The van der Waals surface area contributed by atoms with Crippen molar-refractivity contribution in [3.63, 3.8) is 0 Å².